The van der Waals surface area contributed by atoms with Crippen LogP contribution in [-0.4, -0.2) is 120 Å². The second kappa shape index (κ2) is 24.1. The van der Waals surface area contributed by atoms with E-state index in [1.807, 2.05) is 14.1 Å². The topological polar surface area (TPSA) is 192 Å². The molecule has 2 saturated heterocycles. The van der Waals surface area contributed by atoms with Gasteiger partial charge in [0.2, 0.25) is 11.8 Å². The number of Topliss-reactive ketones (excluding diaryl/α,β-unsaturated/α-hetero) is 2. The van der Waals surface area contributed by atoms with E-state index in [4.69, 9.17) is 9.47 Å². The van der Waals surface area contributed by atoms with Gasteiger partial charge in [0.05, 0.1) is 24.0 Å². The molecule has 4 N–H and O–H groups in total. The van der Waals surface area contributed by atoms with Crippen molar-refractivity contribution >= 4 is 48.0 Å². The SMILES string of the molecule is CC/C=C/[C@]1(C)C[C@@H](OC(=O)NC(=O)[C@H]2CN(C)CC[C@@H]2C)[C@@]2(C)C3C(=O)CCC3(CC[C@H]2C)[C@@H](C)[C@@H]1O.CC/C=C/[C@]1(C)C[C@@H](OC(=O)NC(=O)[C@H]2CN(C)CC[C@@H]2C)[C@@]2(C)C3C(=O)CCC3(CC[C@H]2C)[C@@H](C)[C@@H]1O.Cl. The third-order valence-electron chi connectivity index (χ3n) is 23.1. The molecule has 4 bridgehead atoms. The lowest BCUT2D eigenvalue weighted by atomic mass is 9.44. The Morgan fingerprint density at radius 1 is 0.597 bits per heavy atom. The van der Waals surface area contributed by atoms with Crippen LogP contribution in [0.4, 0.5) is 9.59 Å². The summed E-state index contributed by atoms with van der Waals surface area (Å²) in [6, 6.07) is 0. The normalized spacial score (nSPS) is 45.2. The van der Waals surface area contributed by atoms with Crippen molar-refractivity contribution in [2.45, 2.75) is 197 Å². The van der Waals surface area contributed by atoms with Crippen molar-refractivity contribution in [3.63, 3.8) is 0 Å². The summed E-state index contributed by atoms with van der Waals surface area (Å²) in [4.78, 5) is 84.4. The highest BCUT2D eigenvalue weighted by molar-refractivity contribution is 5.94. The van der Waals surface area contributed by atoms with Crippen LogP contribution in [0.25, 0.3) is 0 Å². The van der Waals surface area contributed by atoms with Crippen molar-refractivity contribution in [3.05, 3.63) is 24.3 Å². The van der Waals surface area contributed by atoms with Crippen molar-refractivity contribution in [2.75, 3.05) is 40.3 Å². The zero-order chi connectivity index (χ0) is 56.1. The van der Waals surface area contributed by atoms with Crippen LogP contribution >= 0.6 is 12.4 Å². The number of hydrogen-bond donors (Lipinski definition) is 4. The number of amides is 4. The summed E-state index contributed by atoms with van der Waals surface area (Å²) in [5.74, 6) is -0.645. The number of alkyl carbamates (subject to hydrolysis) is 2. The van der Waals surface area contributed by atoms with Crippen molar-refractivity contribution in [3.8, 4) is 0 Å². The van der Waals surface area contributed by atoms with Crippen LogP contribution in [0.5, 0.6) is 0 Å². The zero-order valence-corrected chi connectivity index (χ0v) is 50.4. The minimum Gasteiger partial charge on any atom is -0.445 e. The highest BCUT2D eigenvalue weighted by Crippen LogP contribution is 2.70. The van der Waals surface area contributed by atoms with Gasteiger partial charge in [-0.25, -0.2) is 9.59 Å². The third-order valence-corrected chi connectivity index (χ3v) is 23.1. The Morgan fingerprint density at radius 2 is 0.948 bits per heavy atom. The molecule has 0 aromatic heterocycles. The van der Waals surface area contributed by atoms with Gasteiger partial charge in [-0.2, -0.15) is 0 Å². The molecule has 4 unspecified atom stereocenters. The minimum absolute atomic E-state index is 0. The fourth-order valence-corrected chi connectivity index (χ4v) is 17.6. The summed E-state index contributed by atoms with van der Waals surface area (Å²) in [5, 5.41) is 28.8. The van der Waals surface area contributed by atoms with E-state index in [1.54, 1.807) is 0 Å². The van der Waals surface area contributed by atoms with Gasteiger partial charge in [0.25, 0.3) is 0 Å². The van der Waals surface area contributed by atoms with E-state index in [1.165, 1.54) is 0 Å². The average molecular weight is 1100 g/mol. The Kier molecular flexibility index (Phi) is 19.7. The average Bonchev–Trinajstić information content (AvgIpc) is 3.92. The Balaban J connectivity index is 0.000000246. The van der Waals surface area contributed by atoms with Gasteiger partial charge in [-0.3, -0.25) is 29.8 Å². The predicted octanol–water partition coefficient (Wildman–Crippen LogP) is 10.4. The summed E-state index contributed by atoms with van der Waals surface area (Å²) in [6.07, 6.45) is 14.8. The summed E-state index contributed by atoms with van der Waals surface area (Å²) in [6.45, 7) is 28.3. The van der Waals surface area contributed by atoms with Gasteiger partial charge in [0, 0.05) is 59.4 Å². The number of allylic oxidation sites excluding steroid dienone is 2. The molecule has 0 radical (unpaired) electrons. The van der Waals surface area contributed by atoms with E-state index in [2.05, 4.69) is 128 Å². The molecule has 0 aromatic rings. The summed E-state index contributed by atoms with van der Waals surface area (Å²) < 4.78 is 12.5. The lowest BCUT2D eigenvalue weighted by Crippen LogP contribution is -2.63. The van der Waals surface area contributed by atoms with Gasteiger partial charge < -0.3 is 29.5 Å². The van der Waals surface area contributed by atoms with E-state index in [0.29, 0.717) is 38.8 Å². The van der Waals surface area contributed by atoms with Gasteiger partial charge in [-0.1, -0.05) is 107 Å². The first-order valence-corrected chi connectivity index (χ1v) is 29.8. The van der Waals surface area contributed by atoms with E-state index in [0.717, 1.165) is 77.3 Å². The molecule has 8 rings (SSSR count). The fourth-order valence-electron chi connectivity index (χ4n) is 17.6. The van der Waals surface area contributed by atoms with Gasteiger partial charge in [-0.15, -0.1) is 12.4 Å². The molecule has 4 amide bonds. The first kappa shape index (κ1) is 63.0. The number of carbonyl (C=O) groups is 6. The molecule has 8 aliphatic rings. The Bertz CT molecular complexity index is 2090. The molecule has 6 aliphatic carbocycles. The number of rotatable bonds is 8. The number of aliphatic hydroxyl groups is 2. The number of ether oxygens (including phenoxy) is 2. The van der Waals surface area contributed by atoms with E-state index in [-0.39, 0.29) is 106 Å². The number of nitrogens with zero attached hydrogens (tertiary/aromatic N) is 2. The molecule has 8 fully saturated rings. The van der Waals surface area contributed by atoms with Crippen molar-refractivity contribution < 1.29 is 48.5 Å². The molecule has 2 heterocycles. The number of hydrogen-bond acceptors (Lipinski definition) is 12. The molecular weight excluding hydrogens is 996 g/mol. The fraction of sp³-hybridized carbons (Fsp3) is 0.839. The monoisotopic (exact) mass is 1100 g/mol. The zero-order valence-electron chi connectivity index (χ0n) is 49.6. The number of imide groups is 2. The molecule has 436 valence electrons. The number of likely N-dealkylation sites (tertiary alicyclic amines) is 2. The number of ketones is 2. The number of halogens is 1. The maximum Gasteiger partial charge on any atom is 0.414 e. The smallest absolute Gasteiger partial charge is 0.414 e. The summed E-state index contributed by atoms with van der Waals surface area (Å²) in [7, 11) is 3.98. The van der Waals surface area contributed by atoms with Gasteiger partial charge in [0.1, 0.15) is 23.8 Å². The third kappa shape index (κ3) is 11.4. The minimum atomic E-state index is -0.736. The van der Waals surface area contributed by atoms with Gasteiger partial charge >= 0.3 is 12.2 Å². The largest absolute Gasteiger partial charge is 0.445 e. The van der Waals surface area contributed by atoms with Crippen molar-refractivity contribution in [1.82, 2.24) is 20.4 Å². The maximum absolute atomic E-state index is 13.6. The molecule has 14 nitrogen and oxygen atoms in total. The van der Waals surface area contributed by atoms with Crippen molar-refractivity contribution in [2.24, 2.45) is 91.7 Å². The van der Waals surface area contributed by atoms with Gasteiger partial charge in [-0.05, 0) is 151 Å². The number of aliphatic hydroxyl groups excluding tert-OH is 2. The van der Waals surface area contributed by atoms with Crippen LogP contribution in [0.3, 0.4) is 0 Å². The van der Waals surface area contributed by atoms with E-state index < -0.39 is 58.3 Å². The number of nitrogens with one attached hydrogen (secondary N) is 2. The van der Waals surface area contributed by atoms with Crippen LogP contribution in [0, 0.1) is 91.7 Å². The Labute approximate surface area is 468 Å². The second-order valence-electron chi connectivity index (χ2n) is 27.4. The van der Waals surface area contributed by atoms with Crippen LogP contribution in [0.1, 0.15) is 173 Å². The standard InChI is InChI=1S/2C31H50N2O5.ClH/c2*1-8-9-13-29(5)17-24(38-28(37)32-27(36)22-18-33(7)16-12-19(22)2)30(6)20(3)10-14-31(21(4)26(29)35)15-11-23(34)25(30)31;/h2*9,13,19-22,24-26,35H,8,10-12,14-18H2,1-7H3,(H,32,36,37);1H/b2*13-9+;/t2*19-,20+,21-,22-,24+,25?,26-,29+,30-,31?;/m00./s1. The lowest BCUT2D eigenvalue weighted by Gasteiger charge is -2.61. The predicted molar refractivity (Wildman–Crippen MR) is 302 cm³/mol. The van der Waals surface area contributed by atoms with Crippen molar-refractivity contribution in [1.29, 1.82) is 0 Å². The van der Waals surface area contributed by atoms with Crippen LogP contribution in [0.15, 0.2) is 24.3 Å². The molecule has 6 saturated carbocycles. The summed E-state index contributed by atoms with van der Waals surface area (Å²) in [5.41, 5.74) is -3.05. The summed E-state index contributed by atoms with van der Waals surface area (Å²) >= 11 is 0. The van der Waals surface area contributed by atoms with E-state index in [9.17, 15) is 39.0 Å². The molecule has 20 atom stereocenters. The van der Waals surface area contributed by atoms with Crippen LogP contribution in [-0.2, 0) is 28.7 Å². The van der Waals surface area contributed by atoms with E-state index >= 15 is 0 Å². The first-order chi connectivity index (χ1) is 35.6. The number of carbonyl (C=O) groups excluding carboxylic acids is 6. The highest BCUT2D eigenvalue weighted by Gasteiger charge is 2.70. The lowest BCUT2D eigenvalue weighted by molar-refractivity contribution is -0.191. The van der Waals surface area contributed by atoms with Gasteiger partial charge in [0.15, 0.2) is 0 Å². The Morgan fingerprint density at radius 3 is 1.29 bits per heavy atom. The van der Waals surface area contributed by atoms with Crippen LogP contribution < -0.4 is 10.6 Å². The first-order valence-electron chi connectivity index (χ1n) is 29.8. The quantitative estimate of drug-likeness (QED) is 0.169. The molecule has 77 heavy (non-hydrogen) atoms. The number of piperidine rings is 2. The maximum atomic E-state index is 13.6. The molecule has 0 spiro atoms. The second-order valence-corrected chi connectivity index (χ2v) is 27.4. The molecule has 2 aliphatic heterocycles. The molecule has 0 aromatic carbocycles. The Hall–Kier alpha value is -3.17. The molecule has 15 heteroatoms. The van der Waals surface area contributed by atoms with Crippen LogP contribution in [0.2, 0.25) is 0 Å². The highest BCUT2D eigenvalue weighted by atomic mass is 35.5. The molecular formula is C62H101ClN4O10.